The average molecular weight is 430 g/mol. The Labute approximate surface area is 181 Å². The zero-order valence-corrected chi connectivity index (χ0v) is 17.6. The Morgan fingerprint density at radius 2 is 1.90 bits per heavy atom. The minimum absolute atomic E-state index is 0.0938. The molecule has 1 fully saturated rings. The van der Waals surface area contributed by atoms with Crippen LogP contribution in [0.25, 0.3) is 0 Å². The van der Waals surface area contributed by atoms with Crippen molar-refractivity contribution in [2.45, 2.75) is 25.7 Å². The fourth-order valence-electron chi connectivity index (χ4n) is 3.82. The number of hydrogen-bond donors (Lipinski definition) is 0. The molecule has 0 unspecified atom stereocenters. The van der Waals surface area contributed by atoms with Gasteiger partial charge in [0, 0.05) is 45.2 Å². The molecule has 1 saturated heterocycles. The van der Waals surface area contributed by atoms with E-state index in [9.17, 15) is 8.78 Å². The van der Waals surface area contributed by atoms with Crippen LogP contribution >= 0.6 is 0 Å². The molecule has 0 spiro atoms. The van der Waals surface area contributed by atoms with E-state index in [1.807, 2.05) is 0 Å². The van der Waals surface area contributed by atoms with Gasteiger partial charge in [0.2, 0.25) is 5.88 Å². The molecule has 0 bridgehead atoms. The molecule has 1 aromatic carbocycles. The first kappa shape index (κ1) is 21.4. The van der Waals surface area contributed by atoms with E-state index in [2.05, 4.69) is 28.0 Å². The molecule has 166 valence electrons. The van der Waals surface area contributed by atoms with Crippen molar-refractivity contribution in [3.63, 3.8) is 0 Å². The Balaban J connectivity index is 1.13. The zero-order chi connectivity index (χ0) is 21.5. The van der Waals surface area contributed by atoms with Crippen molar-refractivity contribution in [3.05, 3.63) is 77.8 Å². The third-order valence-corrected chi connectivity index (χ3v) is 5.58. The van der Waals surface area contributed by atoms with E-state index in [4.69, 9.17) is 14.2 Å². The molecule has 0 radical (unpaired) electrons. The SMILES string of the molecule is Fc1ccc(OCCCN2CCN(C3=COC(CC4=CC=CCC4)=CO3)CC2)c(F)c1. The van der Waals surface area contributed by atoms with Gasteiger partial charge < -0.3 is 19.1 Å². The Hall–Kier alpha value is -2.80. The number of hydrogen-bond acceptors (Lipinski definition) is 5. The molecule has 1 aromatic rings. The highest BCUT2D eigenvalue weighted by Gasteiger charge is 2.22. The van der Waals surface area contributed by atoms with Gasteiger partial charge in [-0.05, 0) is 31.4 Å². The molecular formula is C24H28F2N2O3. The highest BCUT2D eigenvalue weighted by molar-refractivity contribution is 5.24. The van der Waals surface area contributed by atoms with E-state index >= 15 is 0 Å². The zero-order valence-electron chi connectivity index (χ0n) is 17.6. The Kier molecular flexibility index (Phi) is 7.25. The van der Waals surface area contributed by atoms with E-state index in [-0.39, 0.29) is 5.75 Å². The second-order valence-electron chi connectivity index (χ2n) is 7.85. The van der Waals surface area contributed by atoms with Gasteiger partial charge >= 0.3 is 0 Å². The fourth-order valence-corrected chi connectivity index (χ4v) is 3.82. The summed E-state index contributed by atoms with van der Waals surface area (Å²) in [5, 5.41) is 0. The van der Waals surface area contributed by atoms with Crippen molar-refractivity contribution < 1.29 is 23.0 Å². The lowest BCUT2D eigenvalue weighted by Gasteiger charge is -2.36. The molecule has 2 heterocycles. The van der Waals surface area contributed by atoms with Crippen LogP contribution in [0.3, 0.4) is 0 Å². The van der Waals surface area contributed by atoms with E-state index in [0.29, 0.717) is 6.61 Å². The van der Waals surface area contributed by atoms with Gasteiger partial charge in [-0.3, -0.25) is 4.90 Å². The number of benzene rings is 1. The molecule has 0 aromatic heterocycles. The monoisotopic (exact) mass is 430 g/mol. The van der Waals surface area contributed by atoms with Crippen molar-refractivity contribution in [2.75, 3.05) is 39.3 Å². The second kappa shape index (κ2) is 10.5. The van der Waals surface area contributed by atoms with Gasteiger partial charge in [0.1, 0.15) is 17.8 Å². The normalized spacial score (nSPS) is 19.2. The molecule has 0 amide bonds. The minimum Gasteiger partial charge on any atom is -0.490 e. The quantitative estimate of drug-likeness (QED) is 0.559. The van der Waals surface area contributed by atoms with Crippen LogP contribution in [0.5, 0.6) is 5.75 Å². The maximum absolute atomic E-state index is 13.6. The summed E-state index contributed by atoms with van der Waals surface area (Å²) < 4.78 is 43.5. The van der Waals surface area contributed by atoms with Gasteiger partial charge in [0.15, 0.2) is 17.8 Å². The molecule has 0 atom stereocenters. The van der Waals surface area contributed by atoms with Crippen LogP contribution in [0.1, 0.15) is 25.7 Å². The predicted molar refractivity (Wildman–Crippen MR) is 114 cm³/mol. The van der Waals surface area contributed by atoms with E-state index in [0.717, 1.165) is 76.1 Å². The summed E-state index contributed by atoms with van der Waals surface area (Å²) in [7, 11) is 0. The standard InChI is InChI=1S/C24H28F2N2O3/c25-20-7-8-23(22(26)16-20)29-14-4-9-27-10-12-28(13-11-27)24-18-30-21(17-31-24)15-19-5-2-1-3-6-19/h1-2,5,7-8,16-18H,3-4,6,9-15H2. The first-order valence-electron chi connectivity index (χ1n) is 10.8. The summed E-state index contributed by atoms with van der Waals surface area (Å²) in [4.78, 5) is 4.52. The average Bonchev–Trinajstić information content (AvgIpc) is 2.80. The maximum Gasteiger partial charge on any atom is 0.231 e. The molecule has 5 nitrogen and oxygen atoms in total. The lowest BCUT2D eigenvalue weighted by atomic mass is 10.0. The summed E-state index contributed by atoms with van der Waals surface area (Å²) in [6, 6.07) is 3.36. The second-order valence-corrected chi connectivity index (χ2v) is 7.85. The molecule has 31 heavy (non-hydrogen) atoms. The Morgan fingerprint density at radius 3 is 2.61 bits per heavy atom. The number of rotatable bonds is 8. The van der Waals surface area contributed by atoms with Gasteiger partial charge in [-0.15, -0.1) is 0 Å². The number of nitrogens with zero attached hydrogens (tertiary/aromatic N) is 2. The number of ether oxygens (including phenoxy) is 3. The smallest absolute Gasteiger partial charge is 0.231 e. The van der Waals surface area contributed by atoms with Crippen LogP contribution in [-0.4, -0.2) is 49.1 Å². The molecule has 2 aliphatic heterocycles. The lowest BCUT2D eigenvalue weighted by Crippen LogP contribution is -2.46. The van der Waals surface area contributed by atoms with E-state index in [1.54, 1.807) is 12.5 Å². The van der Waals surface area contributed by atoms with Crippen LogP contribution in [0, 0.1) is 11.6 Å². The summed E-state index contributed by atoms with van der Waals surface area (Å²) in [5.74, 6) is 0.408. The van der Waals surface area contributed by atoms with Crippen molar-refractivity contribution >= 4 is 0 Å². The highest BCUT2D eigenvalue weighted by atomic mass is 19.1. The Morgan fingerprint density at radius 1 is 1.03 bits per heavy atom. The summed E-state index contributed by atoms with van der Waals surface area (Å²) in [6.45, 7) is 4.76. The largest absolute Gasteiger partial charge is 0.490 e. The van der Waals surface area contributed by atoms with Gasteiger partial charge in [-0.25, -0.2) is 8.78 Å². The Bertz CT molecular complexity index is 887. The summed E-state index contributed by atoms with van der Waals surface area (Å²) in [5.41, 5.74) is 1.36. The van der Waals surface area contributed by atoms with Gasteiger partial charge in [0.05, 0.1) is 6.61 Å². The van der Waals surface area contributed by atoms with Crippen LogP contribution in [-0.2, 0) is 9.47 Å². The van der Waals surface area contributed by atoms with Crippen molar-refractivity contribution in [2.24, 2.45) is 0 Å². The van der Waals surface area contributed by atoms with Crippen LogP contribution in [0.4, 0.5) is 8.78 Å². The van der Waals surface area contributed by atoms with E-state index in [1.165, 1.54) is 17.7 Å². The third-order valence-electron chi connectivity index (χ3n) is 5.58. The fraction of sp³-hybridized carbons (Fsp3) is 0.417. The molecule has 3 aliphatic rings. The topological polar surface area (TPSA) is 34.2 Å². The van der Waals surface area contributed by atoms with E-state index < -0.39 is 11.6 Å². The van der Waals surface area contributed by atoms with Crippen molar-refractivity contribution in [3.8, 4) is 5.75 Å². The molecule has 1 aliphatic carbocycles. The van der Waals surface area contributed by atoms with Crippen molar-refractivity contribution in [1.29, 1.82) is 0 Å². The highest BCUT2D eigenvalue weighted by Crippen LogP contribution is 2.25. The van der Waals surface area contributed by atoms with Crippen molar-refractivity contribution in [1.82, 2.24) is 9.80 Å². The number of halogens is 2. The van der Waals surface area contributed by atoms with Gasteiger partial charge in [-0.1, -0.05) is 23.8 Å². The molecule has 0 saturated carbocycles. The molecule has 7 heteroatoms. The first-order valence-corrected chi connectivity index (χ1v) is 10.8. The van der Waals surface area contributed by atoms with Crippen LogP contribution in [0.2, 0.25) is 0 Å². The number of piperazine rings is 1. The first-order chi connectivity index (χ1) is 15.2. The van der Waals surface area contributed by atoms with Crippen LogP contribution in [0.15, 0.2) is 66.2 Å². The molecule has 4 rings (SSSR count). The predicted octanol–water partition coefficient (Wildman–Crippen LogP) is 4.70. The lowest BCUT2D eigenvalue weighted by molar-refractivity contribution is 0.0805. The molecule has 0 N–H and O–H groups in total. The molecular weight excluding hydrogens is 402 g/mol. The number of allylic oxidation sites excluding steroid dienone is 4. The van der Waals surface area contributed by atoms with Gasteiger partial charge in [0.25, 0.3) is 0 Å². The van der Waals surface area contributed by atoms with Crippen LogP contribution < -0.4 is 4.74 Å². The maximum atomic E-state index is 13.6. The minimum atomic E-state index is -0.666. The van der Waals surface area contributed by atoms with Gasteiger partial charge in [-0.2, -0.15) is 0 Å². The third kappa shape index (κ3) is 6.10. The summed E-state index contributed by atoms with van der Waals surface area (Å²) >= 11 is 0. The summed E-state index contributed by atoms with van der Waals surface area (Å²) in [6.07, 6.45) is 13.5.